The van der Waals surface area contributed by atoms with E-state index in [2.05, 4.69) is 15.9 Å². The molecule has 0 atom stereocenters. The van der Waals surface area contributed by atoms with Gasteiger partial charge in [0.2, 0.25) is 0 Å². The Balaban J connectivity index is 3.56. The lowest BCUT2D eigenvalue weighted by Gasteiger charge is -2.01. The van der Waals surface area contributed by atoms with Crippen molar-refractivity contribution in [3.63, 3.8) is 0 Å². The fraction of sp³-hybridized carbons (Fsp3) is 0.143. The predicted octanol–water partition coefficient (Wildman–Crippen LogP) is 2.94. The van der Waals surface area contributed by atoms with E-state index < -0.39 is 22.2 Å². The minimum atomic E-state index is -0.977. The first-order valence-corrected chi connectivity index (χ1v) is 4.03. The number of halogens is 3. The monoisotopic (exact) mass is 251 g/mol. The average molecular weight is 252 g/mol. The molecule has 0 spiro atoms. The molecule has 0 aliphatic heterocycles. The number of rotatable bonds is 1. The number of nitro groups is 1. The molecular weight excluding hydrogens is 248 g/mol. The van der Waals surface area contributed by atoms with Crippen LogP contribution in [0.1, 0.15) is 5.56 Å². The highest BCUT2D eigenvalue weighted by molar-refractivity contribution is 9.10. The normalized spacial score (nSPS) is 10.2. The highest BCUT2D eigenvalue weighted by atomic mass is 79.9. The van der Waals surface area contributed by atoms with Crippen molar-refractivity contribution in [3.05, 3.63) is 37.9 Å². The van der Waals surface area contributed by atoms with Gasteiger partial charge in [0.15, 0.2) is 0 Å². The highest BCUT2D eigenvalue weighted by Gasteiger charge is 2.22. The summed E-state index contributed by atoms with van der Waals surface area (Å²) in [6.07, 6.45) is 0. The number of nitrogens with zero attached hydrogens (tertiary/aromatic N) is 1. The van der Waals surface area contributed by atoms with Crippen LogP contribution in [0.3, 0.4) is 0 Å². The third kappa shape index (κ3) is 1.67. The summed E-state index contributed by atoms with van der Waals surface area (Å²) >= 11 is 2.68. The summed E-state index contributed by atoms with van der Waals surface area (Å²) in [7, 11) is 0. The van der Waals surface area contributed by atoms with E-state index in [4.69, 9.17) is 0 Å². The van der Waals surface area contributed by atoms with Crippen LogP contribution in [0.4, 0.5) is 14.5 Å². The smallest absolute Gasteiger partial charge is 0.258 e. The Morgan fingerprint density at radius 2 is 2.00 bits per heavy atom. The van der Waals surface area contributed by atoms with Crippen molar-refractivity contribution >= 4 is 21.6 Å². The van der Waals surface area contributed by atoms with Gasteiger partial charge in [-0.25, -0.2) is 8.78 Å². The zero-order valence-electron chi connectivity index (χ0n) is 6.47. The third-order valence-corrected chi connectivity index (χ3v) is 2.32. The molecule has 1 aromatic rings. The quantitative estimate of drug-likeness (QED) is 0.438. The lowest BCUT2D eigenvalue weighted by molar-refractivity contribution is -0.386. The Hall–Kier alpha value is -1.04. The van der Waals surface area contributed by atoms with Gasteiger partial charge in [-0.05, 0) is 22.9 Å². The minimum Gasteiger partial charge on any atom is -0.258 e. The van der Waals surface area contributed by atoms with E-state index in [0.717, 1.165) is 0 Å². The van der Waals surface area contributed by atoms with E-state index >= 15 is 0 Å². The molecule has 0 aliphatic carbocycles. The number of nitro benzene ring substituents is 1. The molecule has 0 aliphatic rings. The fourth-order valence-electron chi connectivity index (χ4n) is 0.891. The summed E-state index contributed by atoms with van der Waals surface area (Å²) in [5.41, 5.74) is -0.754. The SMILES string of the molecule is Cc1c(F)cc(F)c(Br)c1[N+](=O)[O-]. The van der Waals surface area contributed by atoms with E-state index in [9.17, 15) is 18.9 Å². The summed E-state index contributed by atoms with van der Waals surface area (Å²) in [5, 5.41) is 10.4. The Morgan fingerprint density at radius 3 is 2.46 bits per heavy atom. The van der Waals surface area contributed by atoms with Gasteiger partial charge in [0.25, 0.3) is 5.69 Å². The van der Waals surface area contributed by atoms with Crippen LogP contribution in [0.25, 0.3) is 0 Å². The lowest BCUT2D eigenvalue weighted by Crippen LogP contribution is -1.98. The molecule has 0 bridgehead atoms. The molecule has 1 rings (SSSR count). The second-order valence-electron chi connectivity index (χ2n) is 2.38. The number of hydrogen-bond acceptors (Lipinski definition) is 2. The van der Waals surface area contributed by atoms with Crippen LogP contribution in [-0.2, 0) is 0 Å². The molecule has 0 radical (unpaired) electrons. The maximum Gasteiger partial charge on any atom is 0.292 e. The van der Waals surface area contributed by atoms with Crippen molar-refractivity contribution in [2.45, 2.75) is 6.92 Å². The number of benzene rings is 1. The van der Waals surface area contributed by atoms with Crippen molar-refractivity contribution in [3.8, 4) is 0 Å². The van der Waals surface area contributed by atoms with Gasteiger partial charge in [0, 0.05) is 6.07 Å². The van der Waals surface area contributed by atoms with Crippen molar-refractivity contribution in [1.29, 1.82) is 0 Å². The van der Waals surface area contributed by atoms with Crippen LogP contribution in [-0.4, -0.2) is 4.92 Å². The Bertz CT molecular complexity index is 355. The van der Waals surface area contributed by atoms with Crippen molar-refractivity contribution < 1.29 is 13.7 Å². The molecule has 3 nitrogen and oxygen atoms in total. The molecule has 0 amide bonds. The van der Waals surface area contributed by atoms with E-state index in [-0.39, 0.29) is 10.0 Å². The van der Waals surface area contributed by atoms with Crippen LogP contribution < -0.4 is 0 Å². The average Bonchev–Trinajstić information content (AvgIpc) is 2.01. The van der Waals surface area contributed by atoms with Crippen LogP contribution in [0.2, 0.25) is 0 Å². The third-order valence-electron chi connectivity index (χ3n) is 1.57. The maximum atomic E-state index is 12.8. The molecule has 0 fully saturated rings. The lowest BCUT2D eigenvalue weighted by atomic mass is 10.2. The maximum absolute atomic E-state index is 12.8. The fourth-order valence-corrected chi connectivity index (χ4v) is 1.45. The molecule has 0 aromatic heterocycles. The van der Waals surface area contributed by atoms with Crippen LogP contribution in [0, 0.1) is 28.7 Å². The standard InChI is InChI=1S/C7H4BrF2NO2/c1-3-4(9)2-5(10)6(8)7(3)11(12)13/h2H,1H3. The first-order valence-electron chi connectivity index (χ1n) is 3.23. The van der Waals surface area contributed by atoms with Gasteiger partial charge in [-0.3, -0.25) is 10.1 Å². The van der Waals surface area contributed by atoms with Crippen molar-refractivity contribution in [2.75, 3.05) is 0 Å². The van der Waals surface area contributed by atoms with Gasteiger partial charge < -0.3 is 0 Å². The Morgan fingerprint density at radius 1 is 1.46 bits per heavy atom. The molecule has 0 heterocycles. The van der Waals surface area contributed by atoms with Crippen LogP contribution in [0.15, 0.2) is 10.5 Å². The van der Waals surface area contributed by atoms with Gasteiger partial charge in [0.1, 0.15) is 16.1 Å². The molecule has 0 N–H and O–H groups in total. The van der Waals surface area contributed by atoms with Crippen LogP contribution >= 0.6 is 15.9 Å². The van der Waals surface area contributed by atoms with E-state index in [0.29, 0.717) is 6.07 Å². The summed E-state index contributed by atoms with van der Waals surface area (Å²) in [6.45, 7) is 1.22. The highest BCUT2D eigenvalue weighted by Crippen LogP contribution is 2.32. The van der Waals surface area contributed by atoms with Crippen molar-refractivity contribution in [1.82, 2.24) is 0 Å². The van der Waals surface area contributed by atoms with Gasteiger partial charge >= 0.3 is 0 Å². The molecule has 13 heavy (non-hydrogen) atoms. The largest absolute Gasteiger partial charge is 0.292 e. The van der Waals surface area contributed by atoms with E-state index in [1.54, 1.807) is 0 Å². The van der Waals surface area contributed by atoms with Gasteiger partial charge in [-0.1, -0.05) is 0 Å². The van der Waals surface area contributed by atoms with Gasteiger partial charge in [-0.2, -0.15) is 0 Å². The zero-order valence-corrected chi connectivity index (χ0v) is 8.06. The number of hydrogen-bond donors (Lipinski definition) is 0. The molecule has 1 aromatic carbocycles. The summed E-state index contributed by atoms with van der Waals surface area (Å²) in [4.78, 5) is 9.56. The van der Waals surface area contributed by atoms with Crippen molar-refractivity contribution in [2.24, 2.45) is 0 Å². The Kier molecular flexibility index (Phi) is 2.60. The zero-order chi connectivity index (χ0) is 10.2. The minimum absolute atomic E-state index is 0.182. The first-order chi connectivity index (χ1) is 5.95. The molecule has 70 valence electrons. The molecule has 0 saturated carbocycles. The van der Waals surface area contributed by atoms with E-state index in [1.165, 1.54) is 6.92 Å². The van der Waals surface area contributed by atoms with Gasteiger partial charge in [0.05, 0.1) is 10.5 Å². The Labute approximate surface area is 80.6 Å². The topological polar surface area (TPSA) is 43.1 Å². The second kappa shape index (κ2) is 3.37. The summed E-state index contributed by atoms with van der Waals surface area (Å²) in [6, 6.07) is 0.604. The molecule has 6 heteroatoms. The predicted molar refractivity (Wildman–Crippen MR) is 45.4 cm³/mol. The van der Waals surface area contributed by atoms with Gasteiger partial charge in [-0.15, -0.1) is 0 Å². The van der Waals surface area contributed by atoms with Crippen LogP contribution in [0.5, 0.6) is 0 Å². The summed E-state index contributed by atoms with van der Waals surface area (Å²) < 4.78 is 25.3. The molecular formula is C7H4BrF2NO2. The molecule has 0 saturated heterocycles. The summed E-state index contributed by atoms with van der Waals surface area (Å²) in [5.74, 6) is -1.90. The van der Waals surface area contributed by atoms with E-state index in [1.807, 2.05) is 0 Å². The molecule has 0 unspecified atom stereocenters. The second-order valence-corrected chi connectivity index (χ2v) is 3.18. The first kappa shape index (κ1) is 10.0.